The van der Waals surface area contributed by atoms with Gasteiger partial charge in [-0.3, -0.25) is 14.3 Å². The van der Waals surface area contributed by atoms with Crippen molar-refractivity contribution in [2.45, 2.75) is 58.5 Å². The predicted molar refractivity (Wildman–Crippen MR) is 136 cm³/mol. The molecule has 1 aliphatic rings. The molecule has 1 fully saturated rings. The van der Waals surface area contributed by atoms with Crippen molar-refractivity contribution in [2.75, 3.05) is 26.2 Å². The Kier molecular flexibility index (Phi) is 6.94. The van der Waals surface area contributed by atoms with E-state index < -0.39 is 10.0 Å². The molecule has 34 heavy (non-hydrogen) atoms. The van der Waals surface area contributed by atoms with Crippen LogP contribution < -0.4 is 5.56 Å². The first-order chi connectivity index (χ1) is 16.1. The fourth-order valence-corrected chi connectivity index (χ4v) is 6.97. The molecule has 8 heteroatoms. The van der Waals surface area contributed by atoms with Crippen molar-refractivity contribution >= 4 is 20.9 Å². The number of aromatic nitrogens is 2. The molecular formula is C26H34N4O3S. The number of fused-ring (bicyclic) bond motifs is 1. The lowest BCUT2D eigenvalue weighted by Crippen LogP contribution is -2.50. The lowest BCUT2D eigenvalue weighted by atomic mass is 10.1. The summed E-state index contributed by atoms with van der Waals surface area (Å²) in [6.07, 6.45) is 0.834. The highest BCUT2D eigenvalue weighted by Crippen LogP contribution is 2.28. The number of aryl methyl sites for hydroxylation is 3. The molecule has 1 aromatic heterocycles. The summed E-state index contributed by atoms with van der Waals surface area (Å²) in [7, 11) is -3.57. The van der Waals surface area contributed by atoms with Crippen LogP contribution in [-0.2, 0) is 16.6 Å². The van der Waals surface area contributed by atoms with Gasteiger partial charge in [-0.2, -0.15) is 4.31 Å². The normalized spacial score (nSPS) is 16.7. The average Bonchev–Trinajstić information content (AvgIpc) is 2.79. The number of nitrogens with zero attached hydrogens (tertiary/aromatic N) is 4. The number of hydrogen-bond donors (Lipinski definition) is 0. The second-order valence-corrected chi connectivity index (χ2v) is 11.2. The van der Waals surface area contributed by atoms with Crippen molar-refractivity contribution < 1.29 is 8.42 Å². The Morgan fingerprint density at radius 1 is 1.00 bits per heavy atom. The quantitative estimate of drug-likeness (QED) is 0.534. The molecule has 1 atom stereocenters. The van der Waals surface area contributed by atoms with Crippen LogP contribution in [0.25, 0.3) is 10.9 Å². The van der Waals surface area contributed by atoms with Gasteiger partial charge >= 0.3 is 0 Å². The molecular weight excluding hydrogens is 448 g/mol. The molecule has 0 aliphatic carbocycles. The number of piperazine rings is 1. The van der Waals surface area contributed by atoms with Gasteiger partial charge in [-0.1, -0.05) is 36.8 Å². The van der Waals surface area contributed by atoms with E-state index in [0.717, 1.165) is 28.9 Å². The minimum absolute atomic E-state index is 0.0131. The van der Waals surface area contributed by atoms with E-state index in [1.807, 2.05) is 57.2 Å². The SMILES string of the molecule is CCCn1c(C(C)N2CCN(S(=O)(=O)c3c(C)cc(C)cc3C)CC2)nc2ccccc2c1=O. The minimum Gasteiger partial charge on any atom is -0.295 e. The van der Waals surface area contributed by atoms with Crippen LogP contribution in [0.5, 0.6) is 0 Å². The number of para-hydroxylation sites is 1. The predicted octanol–water partition coefficient (Wildman–Crippen LogP) is 3.80. The maximum atomic E-state index is 13.5. The molecule has 0 radical (unpaired) electrons. The van der Waals surface area contributed by atoms with E-state index >= 15 is 0 Å². The summed E-state index contributed by atoms with van der Waals surface area (Å²) < 4.78 is 30.3. The summed E-state index contributed by atoms with van der Waals surface area (Å²) in [6.45, 7) is 12.4. The molecule has 2 heterocycles. The molecule has 1 unspecified atom stereocenters. The number of sulfonamides is 1. The molecule has 7 nitrogen and oxygen atoms in total. The standard InChI is InChI=1S/C26H34N4O3S/c1-6-11-30-25(27-23-10-8-7-9-22(23)26(30)31)21(5)28-12-14-29(15-13-28)34(32,33)24-19(3)16-18(2)17-20(24)4/h7-10,16-17,21H,6,11-15H2,1-5H3. The van der Waals surface area contributed by atoms with Crippen molar-refractivity contribution in [3.05, 3.63) is 69.3 Å². The van der Waals surface area contributed by atoms with Crippen LogP contribution in [0.3, 0.4) is 0 Å². The molecule has 1 saturated heterocycles. The Balaban J connectivity index is 1.59. The van der Waals surface area contributed by atoms with Gasteiger partial charge in [-0.15, -0.1) is 0 Å². The molecule has 1 aliphatic heterocycles. The van der Waals surface area contributed by atoms with Gasteiger partial charge in [0, 0.05) is 32.7 Å². The first-order valence-electron chi connectivity index (χ1n) is 12.0. The van der Waals surface area contributed by atoms with Crippen LogP contribution in [-0.4, -0.2) is 53.4 Å². The maximum absolute atomic E-state index is 13.5. The van der Waals surface area contributed by atoms with E-state index in [4.69, 9.17) is 4.98 Å². The zero-order chi connectivity index (χ0) is 24.6. The van der Waals surface area contributed by atoms with E-state index in [9.17, 15) is 13.2 Å². The van der Waals surface area contributed by atoms with Gasteiger partial charge in [0.25, 0.3) is 5.56 Å². The largest absolute Gasteiger partial charge is 0.295 e. The molecule has 0 N–H and O–H groups in total. The Labute approximate surface area is 202 Å². The fraction of sp³-hybridized carbons (Fsp3) is 0.462. The van der Waals surface area contributed by atoms with Crippen molar-refractivity contribution in [3.63, 3.8) is 0 Å². The van der Waals surface area contributed by atoms with Crippen molar-refractivity contribution in [1.29, 1.82) is 0 Å². The van der Waals surface area contributed by atoms with Crippen molar-refractivity contribution in [2.24, 2.45) is 0 Å². The van der Waals surface area contributed by atoms with Crippen LogP contribution in [0.4, 0.5) is 0 Å². The minimum atomic E-state index is -3.57. The lowest BCUT2D eigenvalue weighted by Gasteiger charge is -2.38. The second-order valence-electron chi connectivity index (χ2n) is 9.29. The summed E-state index contributed by atoms with van der Waals surface area (Å²) in [4.78, 5) is 20.7. The number of benzene rings is 2. The summed E-state index contributed by atoms with van der Waals surface area (Å²) in [5.74, 6) is 0.743. The van der Waals surface area contributed by atoms with Gasteiger partial charge < -0.3 is 0 Å². The van der Waals surface area contributed by atoms with Gasteiger partial charge in [-0.05, 0) is 57.4 Å². The van der Waals surface area contributed by atoms with Crippen LogP contribution in [0.1, 0.15) is 48.8 Å². The first-order valence-corrected chi connectivity index (χ1v) is 13.4. The zero-order valence-electron chi connectivity index (χ0n) is 20.7. The van der Waals surface area contributed by atoms with Gasteiger partial charge in [0.05, 0.1) is 21.8 Å². The van der Waals surface area contributed by atoms with Gasteiger partial charge in [-0.25, -0.2) is 13.4 Å². The van der Waals surface area contributed by atoms with E-state index in [1.165, 1.54) is 0 Å². The van der Waals surface area contributed by atoms with Crippen LogP contribution in [0, 0.1) is 20.8 Å². The van der Waals surface area contributed by atoms with Crippen LogP contribution >= 0.6 is 0 Å². The molecule has 0 amide bonds. The average molecular weight is 483 g/mol. The Bertz CT molecular complexity index is 1350. The molecule has 0 saturated carbocycles. The highest BCUT2D eigenvalue weighted by atomic mass is 32.2. The summed E-state index contributed by atoms with van der Waals surface area (Å²) in [5.41, 5.74) is 3.33. The third kappa shape index (κ3) is 4.42. The second kappa shape index (κ2) is 9.60. The molecule has 3 aromatic rings. The zero-order valence-corrected chi connectivity index (χ0v) is 21.5. The van der Waals surface area contributed by atoms with E-state index in [0.29, 0.717) is 48.5 Å². The maximum Gasteiger partial charge on any atom is 0.261 e. The van der Waals surface area contributed by atoms with Crippen LogP contribution in [0.2, 0.25) is 0 Å². The van der Waals surface area contributed by atoms with Crippen LogP contribution in [0.15, 0.2) is 46.1 Å². The smallest absolute Gasteiger partial charge is 0.261 e. The van der Waals surface area contributed by atoms with E-state index in [2.05, 4.69) is 18.7 Å². The molecule has 2 aromatic carbocycles. The van der Waals surface area contributed by atoms with E-state index in [1.54, 1.807) is 8.87 Å². The summed E-state index contributed by atoms with van der Waals surface area (Å²) in [6, 6.07) is 11.2. The molecule has 0 spiro atoms. The third-order valence-corrected chi connectivity index (χ3v) is 8.94. The van der Waals surface area contributed by atoms with Gasteiger partial charge in [0.1, 0.15) is 5.82 Å². The first kappa shape index (κ1) is 24.6. The van der Waals surface area contributed by atoms with E-state index in [-0.39, 0.29) is 11.6 Å². The monoisotopic (exact) mass is 482 g/mol. The fourth-order valence-electron chi connectivity index (χ4n) is 5.14. The Morgan fingerprint density at radius 2 is 1.62 bits per heavy atom. The highest BCUT2D eigenvalue weighted by molar-refractivity contribution is 7.89. The summed E-state index contributed by atoms with van der Waals surface area (Å²) in [5, 5.41) is 0.631. The molecule has 4 rings (SSSR count). The Hall–Kier alpha value is -2.55. The molecule has 182 valence electrons. The number of hydrogen-bond acceptors (Lipinski definition) is 5. The van der Waals surface area contributed by atoms with Gasteiger partial charge in [0.15, 0.2) is 0 Å². The van der Waals surface area contributed by atoms with Gasteiger partial charge in [0.2, 0.25) is 10.0 Å². The topological polar surface area (TPSA) is 75.5 Å². The molecule has 0 bridgehead atoms. The Morgan fingerprint density at radius 3 is 2.24 bits per heavy atom. The third-order valence-electron chi connectivity index (χ3n) is 6.74. The summed E-state index contributed by atoms with van der Waals surface area (Å²) >= 11 is 0. The lowest BCUT2D eigenvalue weighted by molar-refractivity contribution is 0.138. The highest BCUT2D eigenvalue weighted by Gasteiger charge is 2.33. The number of rotatable bonds is 6. The van der Waals surface area contributed by atoms with Crippen molar-refractivity contribution in [1.82, 2.24) is 18.8 Å². The van der Waals surface area contributed by atoms with Crippen molar-refractivity contribution in [3.8, 4) is 0 Å².